The van der Waals surface area contributed by atoms with Gasteiger partial charge in [0.2, 0.25) is 0 Å². The molecule has 0 saturated carbocycles. The predicted molar refractivity (Wildman–Crippen MR) is 157 cm³/mol. The number of ether oxygens (including phenoxy) is 3. The van der Waals surface area contributed by atoms with Crippen LogP contribution in [-0.2, 0) is 14.3 Å². The second kappa shape index (κ2) is 13.0. The van der Waals surface area contributed by atoms with Crippen molar-refractivity contribution in [2.45, 2.75) is 53.5 Å². The molecule has 3 aromatic rings. The smallest absolute Gasteiger partial charge is 0.350 e. The van der Waals surface area contributed by atoms with Crippen LogP contribution in [0.2, 0.25) is 0 Å². The topological polar surface area (TPSA) is 115 Å². The Hall–Kier alpha value is -4.18. The van der Waals surface area contributed by atoms with E-state index in [4.69, 9.17) is 14.2 Å². The molecule has 41 heavy (non-hydrogen) atoms. The SMILES string of the molecule is CCCOc1ccc(C2C(=C(O)c3ccc(OCCC)c(C)c3)C(=O)C(=O)N2c2nc(C)c(C(=O)OCC)s2)cc1. The summed E-state index contributed by atoms with van der Waals surface area (Å²) in [6, 6.07) is 11.1. The summed E-state index contributed by atoms with van der Waals surface area (Å²) in [7, 11) is 0. The average Bonchev–Trinajstić information content (AvgIpc) is 3.47. The molecule has 2 aromatic carbocycles. The Kier molecular flexibility index (Phi) is 9.44. The number of aliphatic hydroxyl groups is 1. The van der Waals surface area contributed by atoms with Crippen molar-refractivity contribution in [3.8, 4) is 11.5 Å². The van der Waals surface area contributed by atoms with Crippen LogP contribution in [0.25, 0.3) is 5.76 Å². The lowest BCUT2D eigenvalue weighted by Crippen LogP contribution is -2.29. The number of aromatic nitrogens is 1. The number of thiazole rings is 1. The average molecular weight is 579 g/mol. The summed E-state index contributed by atoms with van der Waals surface area (Å²) in [5.41, 5.74) is 2.02. The quantitative estimate of drug-likeness (QED) is 0.125. The minimum atomic E-state index is -0.993. The van der Waals surface area contributed by atoms with E-state index in [2.05, 4.69) is 4.98 Å². The molecule has 0 bridgehead atoms. The number of hydrogen-bond donors (Lipinski definition) is 1. The molecule has 10 heteroatoms. The van der Waals surface area contributed by atoms with E-state index in [0.29, 0.717) is 41.5 Å². The molecule has 1 atom stereocenters. The Morgan fingerprint density at radius 1 is 1.00 bits per heavy atom. The maximum absolute atomic E-state index is 13.5. The number of hydrogen-bond acceptors (Lipinski definition) is 9. The van der Waals surface area contributed by atoms with E-state index >= 15 is 0 Å². The van der Waals surface area contributed by atoms with E-state index in [1.54, 1.807) is 56.3 Å². The third-order valence-electron chi connectivity index (χ3n) is 6.48. The van der Waals surface area contributed by atoms with Crippen LogP contribution < -0.4 is 14.4 Å². The molecule has 1 amide bonds. The van der Waals surface area contributed by atoms with Crippen LogP contribution in [0.5, 0.6) is 11.5 Å². The largest absolute Gasteiger partial charge is 0.507 e. The van der Waals surface area contributed by atoms with Crippen molar-refractivity contribution in [1.29, 1.82) is 0 Å². The van der Waals surface area contributed by atoms with Crippen molar-refractivity contribution >= 4 is 39.9 Å². The minimum Gasteiger partial charge on any atom is -0.507 e. The van der Waals surface area contributed by atoms with Crippen molar-refractivity contribution in [2.24, 2.45) is 0 Å². The molecule has 0 spiro atoms. The van der Waals surface area contributed by atoms with Crippen LogP contribution in [0.3, 0.4) is 0 Å². The number of rotatable bonds is 11. The number of amides is 1. The first-order chi connectivity index (χ1) is 19.7. The Morgan fingerprint density at radius 2 is 1.68 bits per heavy atom. The molecule has 0 aliphatic carbocycles. The highest BCUT2D eigenvalue weighted by atomic mass is 32.1. The van der Waals surface area contributed by atoms with Gasteiger partial charge in [-0.1, -0.05) is 37.3 Å². The molecule has 216 valence electrons. The number of anilines is 1. The maximum Gasteiger partial charge on any atom is 0.350 e. The molecule has 1 N–H and O–H groups in total. The van der Waals surface area contributed by atoms with Gasteiger partial charge in [0.1, 0.15) is 22.1 Å². The highest BCUT2D eigenvalue weighted by molar-refractivity contribution is 7.17. The number of carbonyl (C=O) groups is 3. The number of benzene rings is 2. The molecular formula is C31H34N2O7S. The summed E-state index contributed by atoms with van der Waals surface area (Å²) in [4.78, 5) is 45.5. The van der Waals surface area contributed by atoms with E-state index in [0.717, 1.165) is 29.7 Å². The Morgan fingerprint density at radius 3 is 2.32 bits per heavy atom. The van der Waals surface area contributed by atoms with Crippen LogP contribution in [-0.4, -0.2) is 47.6 Å². The van der Waals surface area contributed by atoms with E-state index in [9.17, 15) is 19.5 Å². The van der Waals surface area contributed by atoms with Gasteiger partial charge in [-0.15, -0.1) is 0 Å². The van der Waals surface area contributed by atoms with Crippen LogP contribution >= 0.6 is 11.3 Å². The molecule has 1 aliphatic rings. The van der Waals surface area contributed by atoms with Gasteiger partial charge < -0.3 is 19.3 Å². The lowest BCUT2D eigenvalue weighted by molar-refractivity contribution is -0.132. The van der Waals surface area contributed by atoms with Gasteiger partial charge >= 0.3 is 11.9 Å². The third-order valence-corrected chi connectivity index (χ3v) is 7.61. The van der Waals surface area contributed by atoms with Gasteiger partial charge in [0.05, 0.1) is 37.1 Å². The number of Topliss-reactive ketones (excluding diaryl/α,β-unsaturated/α-hetero) is 1. The van der Waals surface area contributed by atoms with Gasteiger partial charge in [-0.2, -0.15) is 0 Å². The first-order valence-corrected chi connectivity index (χ1v) is 14.4. The Bertz CT molecular complexity index is 1480. The summed E-state index contributed by atoms with van der Waals surface area (Å²) >= 11 is 0.967. The highest BCUT2D eigenvalue weighted by Gasteiger charge is 2.48. The summed E-state index contributed by atoms with van der Waals surface area (Å²) in [5, 5.41) is 11.7. The first kappa shape index (κ1) is 29.8. The van der Waals surface area contributed by atoms with Crippen LogP contribution in [0.4, 0.5) is 5.13 Å². The molecule has 1 aliphatic heterocycles. The number of aryl methyl sites for hydroxylation is 2. The number of carbonyl (C=O) groups excluding carboxylic acids is 3. The second-order valence-electron chi connectivity index (χ2n) is 9.55. The number of esters is 1. The third kappa shape index (κ3) is 6.12. The number of nitrogens with zero attached hydrogens (tertiary/aromatic N) is 2. The molecular weight excluding hydrogens is 544 g/mol. The molecule has 1 saturated heterocycles. The fourth-order valence-corrected chi connectivity index (χ4v) is 5.50. The van der Waals surface area contributed by atoms with Crippen molar-refractivity contribution in [1.82, 2.24) is 4.98 Å². The summed E-state index contributed by atoms with van der Waals surface area (Å²) < 4.78 is 16.6. The normalized spacial score (nSPS) is 16.2. The van der Waals surface area contributed by atoms with Crippen LogP contribution in [0, 0.1) is 13.8 Å². The Balaban J connectivity index is 1.85. The van der Waals surface area contributed by atoms with Gasteiger partial charge in [0.15, 0.2) is 5.13 Å². The standard InChI is InChI=1S/C31H34N2O7S/c1-6-15-39-22-12-9-20(10-13-22)25-24(26(34)21-11-14-23(18(4)17-21)40-16-7-2)27(35)29(36)33(25)31-32-19(5)28(41-31)30(37)38-8-3/h9-14,17,25,34H,6-8,15-16H2,1-5H3. The van der Waals surface area contributed by atoms with Gasteiger partial charge in [-0.05, 0) is 75.1 Å². The zero-order chi connectivity index (χ0) is 29.7. The highest BCUT2D eigenvalue weighted by Crippen LogP contribution is 2.44. The molecule has 1 fully saturated rings. The second-order valence-corrected chi connectivity index (χ2v) is 10.5. The summed E-state index contributed by atoms with van der Waals surface area (Å²) in [6.45, 7) is 10.5. The zero-order valence-electron chi connectivity index (χ0n) is 23.9. The lowest BCUT2D eigenvalue weighted by Gasteiger charge is -2.23. The van der Waals surface area contributed by atoms with Gasteiger partial charge in [0, 0.05) is 5.56 Å². The van der Waals surface area contributed by atoms with Crippen LogP contribution in [0.15, 0.2) is 48.0 Å². The number of aliphatic hydroxyl groups excluding tert-OH is 1. The van der Waals surface area contributed by atoms with Crippen molar-refractivity contribution in [3.63, 3.8) is 0 Å². The minimum absolute atomic E-state index is 0.0793. The maximum atomic E-state index is 13.5. The predicted octanol–water partition coefficient (Wildman–Crippen LogP) is 6.14. The molecule has 0 radical (unpaired) electrons. The van der Waals surface area contributed by atoms with Gasteiger partial charge in [-0.3, -0.25) is 14.5 Å². The van der Waals surface area contributed by atoms with Crippen molar-refractivity contribution in [2.75, 3.05) is 24.7 Å². The van der Waals surface area contributed by atoms with Gasteiger partial charge in [0.25, 0.3) is 5.78 Å². The molecule has 2 heterocycles. The van der Waals surface area contributed by atoms with E-state index < -0.39 is 23.7 Å². The fourth-order valence-electron chi connectivity index (χ4n) is 4.51. The van der Waals surface area contributed by atoms with Gasteiger partial charge in [-0.25, -0.2) is 9.78 Å². The summed E-state index contributed by atoms with van der Waals surface area (Å²) in [5.74, 6) is -1.26. The van der Waals surface area contributed by atoms with E-state index in [-0.39, 0.29) is 27.9 Å². The van der Waals surface area contributed by atoms with Crippen molar-refractivity contribution < 1.29 is 33.7 Å². The van der Waals surface area contributed by atoms with E-state index in [1.165, 1.54) is 4.90 Å². The monoisotopic (exact) mass is 578 g/mol. The molecule has 9 nitrogen and oxygen atoms in total. The fraction of sp³-hybridized carbons (Fsp3) is 0.355. The zero-order valence-corrected chi connectivity index (χ0v) is 24.7. The molecule has 1 aromatic heterocycles. The summed E-state index contributed by atoms with van der Waals surface area (Å²) in [6.07, 6.45) is 1.69. The van der Waals surface area contributed by atoms with Crippen molar-refractivity contribution in [3.05, 3.63) is 75.3 Å². The Labute approximate surface area is 243 Å². The first-order valence-electron chi connectivity index (χ1n) is 13.6. The number of ketones is 1. The van der Waals surface area contributed by atoms with E-state index in [1.807, 2.05) is 20.8 Å². The lowest BCUT2D eigenvalue weighted by atomic mass is 9.95. The molecule has 1 unspecified atom stereocenters. The molecule has 4 rings (SSSR count). The van der Waals surface area contributed by atoms with Crippen LogP contribution in [0.1, 0.15) is 71.7 Å².